The van der Waals surface area contributed by atoms with Crippen LogP contribution in [0.5, 0.6) is 0 Å². The molecule has 0 fully saturated rings. The first-order valence-corrected chi connectivity index (χ1v) is 6.23. The van der Waals surface area contributed by atoms with E-state index in [2.05, 4.69) is 0 Å². The number of ether oxygens (including phenoxy) is 3. The molecule has 0 aliphatic heterocycles. The minimum Gasteiger partial charge on any atom is -0.394 e. The van der Waals surface area contributed by atoms with Gasteiger partial charge in [0, 0.05) is 12.7 Å². The Kier molecular flexibility index (Phi) is 12.8. The van der Waals surface area contributed by atoms with Crippen molar-refractivity contribution in [2.75, 3.05) is 52.0 Å². The zero-order chi connectivity index (χ0) is 12.1. The molecule has 0 unspecified atom stereocenters. The predicted octanol–water partition coefficient (Wildman–Crippen LogP) is 0.308. The number of aliphatic hydroxyl groups excluding tert-OH is 1. The van der Waals surface area contributed by atoms with Gasteiger partial charge in [0.25, 0.3) is 0 Å². The maximum absolute atomic E-state index is 10.6. The first kappa shape index (κ1) is 15.9. The summed E-state index contributed by atoms with van der Waals surface area (Å²) in [4.78, 5) is 10.6. The smallest absolute Gasteiger partial charge is 0.185 e. The molecule has 0 radical (unpaired) electrons. The standard InChI is InChI=1S/C10H20O5S/c1-10(12)16-9-8-15-7-6-14-5-4-13-3-2-11/h11H,2-9H2,1H3. The van der Waals surface area contributed by atoms with E-state index in [1.807, 2.05) is 0 Å². The van der Waals surface area contributed by atoms with Crippen LogP contribution in [0.4, 0.5) is 0 Å². The summed E-state index contributed by atoms with van der Waals surface area (Å²) in [7, 11) is 0. The van der Waals surface area contributed by atoms with Crippen molar-refractivity contribution in [1.29, 1.82) is 0 Å². The monoisotopic (exact) mass is 252 g/mol. The Morgan fingerprint density at radius 3 is 2.00 bits per heavy atom. The fraction of sp³-hybridized carbons (Fsp3) is 0.900. The summed E-state index contributed by atoms with van der Waals surface area (Å²) in [6.45, 7) is 4.53. The molecule has 96 valence electrons. The van der Waals surface area contributed by atoms with E-state index in [4.69, 9.17) is 19.3 Å². The molecule has 0 spiro atoms. The van der Waals surface area contributed by atoms with Gasteiger partial charge in [0.1, 0.15) is 0 Å². The summed E-state index contributed by atoms with van der Waals surface area (Å²) in [5.41, 5.74) is 0. The van der Waals surface area contributed by atoms with Crippen molar-refractivity contribution in [2.45, 2.75) is 6.92 Å². The first-order chi connectivity index (χ1) is 7.77. The zero-order valence-corrected chi connectivity index (χ0v) is 10.5. The molecule has 5 nitrogen and oxygen atoms in total. The molecule has 0 rings (SSSR count). The van der Waals surface area contributed by atoms with Crippen molar-refractivity contribution >= 4 is 16.9 Å². The lowest BCUT2D eigenvalue weighted by molar-refractivity contribution is -0.109. The van der Waals surface area contributed by atoms with Crippen LogP contribution in [0.15, 0.2) is 0 Å². The number of hydrogen-bond donors (Lipinski definition) is 1. The molecule has 1 N–H and O–H groups in total. The van der Waals surface area contributed by atoms with Crippen LogP contribution < -0.4 is 0 Å². The summed E-state index contributed by atoms with van der Waals surface area (Å²) in [6.07, 6.45) is 0. The van der Waals surface area contributed by atoms with Crippen LogP contribution >= 0.6 is 11.8 Å². The van der Waals surface area contributed by atoms with E-state index in [1.54, 1.807) is 6.92 Å². The van der Waals surface area contributed by atoms with Crippen LogP contribution in [0.3, 0.4) is 0 Å². The molecule has 0 saturated heterocycles. The van der Waals surface area contributed by atoms with Crippen LogP contribution in [-0.4, -0.2) is 62.2 Å². The molecule has 0 bridgehead atoms. The number of rotatable bonds is 11. The van der Waals surface area contributed by atoms with Gasteiger partial charge >= 0.3 is 0 Å². The SMILES string of the molecule is CC(=O)SCCOCCOCCOCCO. The Balaban J connectivity index is 2.90. The van der Waals surface area contributed by atoms with Gasteiger partial charge in [-0.05, 0) is 0 Å². The molecule has 0 atom stereocenters. The minimum absolute atomic E-state index is 0.0386. The van der Waals surface area contributed by atoms with Crippen molar-refractivity contribution in [1.82, 2.24) is 0 Å². The van der Waals surface area contributed by atoms with Gasteiger partial charge in [-0.15, -0.1) is 0 Å². The summed E-state index contributed by atoms with van der Waals surface area (Å²) < 4.78 is 15.4. The average Bonchev–Trinajstić information content (AvgIpc) is 2.25. The van der Waals surface area contributed by atoms with Crippen LogP contribution in [-0.2, 0) is 19.0 Å². The quantitative estimate of drug-likeness (QED) is 0.534. The molecule has 0 saturated carbocycles. The maximum atomic E-state index is 10.6. The second-order valence-corrected chi connectivity index (χ2v) is 4.17. The highest BCUT2D eigenvalue weighted by Crippen LogP contribution is 1.99. The van der Waals surface area contributed by atoms with Gasteiger partial charge in [0.05, 0.1) is 46.2 Å². The second kappa shape index (κ2) is 12.9. The number of carbonyl (C=O) groups is 1. The van der Waals surface area contributed by atoms with Crippen molar-refractivity contribution in [3.8, 4) is 0 Å². The highest BCUT2D eigenvalue weighted by atomic mass is 32.2. The lowest BCUT2D eigenvalue weighted by Gasteiger charge is -2.05. The summed E-state index contributed by atoms with van der Waals surface area (Å²) in [5.74, 6) is 0.689. The van der Waals surface area contributed by atoms with E-state index in [1.165, 1.54) is 11.8 Å². The Morgan fingerprint density at radius 2 is 1.50 bits per heavy atom. The van der Waals surface area contributed by atoms with E-state index in [9.17, 15) is 4.79 Å². The fourth-order valence-corrected chi connectivity index (χ4v) is 1.34. The Hall–Kier alpha value is -0.140. The largest absolute Gasteiger partial charge is 0.394 e. The van der Waals surface area contributed by atoms with Crippen LogP contribution in [0.25, 0.3) is 0 Å². The minimum atomic E-state index is 0.0386. The number of aliphatic hydroxyl groups is 1. The molecule has 0 aliphatic rings. The lowest BCUT2D eigenvalue weighted by Crippen LogP contribution is -2.11. The van der Waals surface area contributed by atoms with Gasteiger partial charge in [0.2, 0.25) is 0 Å². The number of hydrogen-bond acceptors (Lipinski definition) is 6. The van der Waals surface area contributed by atoms with E-state index in [0.717, 1.165) is 0 Å². The average molecular weight is 252 g/mol. The molecular formula is C10H20O5S. The highest BCUT2D eigenvalue weighted by molar-refractivity contribution is 8.13. The van der Waals surface area contributed by atoms with Gasteiger partial charge in [-0.25, -0.2) is 0 Å². The lowest BCUT2D eigenvalue weighted by atomic mass is 10.7. The maximum Gasteiger partial charge on any atom is 0.185 e. The molecule has 0 aliphatic carbocycles. The van der Waals surface area contributed by atoms with E-state index in [-0.39, 0.29) is 11.7 Å². The van der Waals surface area contributed by atoms with E-state index >= 15 is 0 Å². The molecule has 0 amide bonds. The topological polar surface area (TPSA) is 65.0 Å². The third-order valence-electron chi connectivity index (χ3n) is 1.51. The van der Waals surface area contributed by atoms with E-state index in [0.29, 0.717) is 45.4 Å². The third-order valence-corrected chi connectivity index (χ3v) is 2.29. The Morgan fingerprint density at radius 1 is 1.00 bits per heavy atom. The van der Waals surface area contributed by atoms with Crippen molar-refractivity contribution < 1.29 is 24.1 Å². The molecular weight excluding hydrogens is 232 g/mol. The molecule has 0 aromatic rings. The van der Waals surface area contributed by atoms with Crippen molar-refractivity contribution in [3.05, 3.63) is 0 Å². The Bertz CT molecular complexity index is 165. The van der Waals surface area contributed by atoms with Crippen LogP contribution in [0, 0.1) is 0 Å². The summed E-state index contributed by atoms with van der Waals surface area (Å²) in [6, 6.07) is 0. The summed E-state index contributed by atoms with van der Waals surface area (Å²) in [5, 5.41) is 8.53. The third kappa shape index (κ3) is 13.9. The van der Waals surface area contributed by atoms with Crippen LogP contribution in [0.2, 0.25) is 0 Å². The molecule has 0 aromatic heterocycles. The van der Waals surface area contributed by atoms with Gasteiger partial charge in [0.15, 0.2) is 5.12 Å². The first-order valence-electron chi connectivity index (χ1n) is 5.25. The van der Waals surface area contributed by atoms with Crippen LogP contribution in [0.1, 0.15) is 6.92 Å². The van der Waals surface area contributed by atoms with Crippen molar-refractivity contribution in [2.24, 2.45) is 0 Å². The second-order valence-electron chi connectivity index (χ2n) is 2.90. The predicted molar refractivity (Wildman–Crippen MR) is 62.7 cm³/mol. The fourth-order valence-electron chi connectivity index (χ4n) is 0.851. The number of thioether (sulfide) groups is 1. The Labute approximate surface area is 100 Å². The molecule has 16 heavy (non-hydrogen) atoms. The molecule has 0 aromatic carbocycles. The van der Waals surface area contributed by atoms with Gasteiger partial charge in [-0.3, -0.25) is 4.79 Å². The zero-order valence-electron chi connectivity index (χ0n) is 9.65. The number of carbonyl (C=O) groups excluding carboxylic acids is 1. The summed E-state index contributed by atoms with van der Waals surface area (Å²) >= 11 is 1.26. The van der Waals surface area contributed by atoms with Gasteiger partial charge in [-0.1, -0.05) is 11.8 Å². The normalized spacial score (nSPS) is 10.6. The molecule has 6 heteroatoms. The highest BCUT2D eigenvalue weighted by Gasteiger charge is 1.94. The van der Waals surface area contributed by atoms with Crippen molar-refractivity contribution in [3.63, 3.8) is 0 Å². The molecule has 0 heterocycles. The van der Waals surface area contributed by atoms with Gasteiger partial charge in [-0.2, -0.15) is 0 Å². The van der Waals surface area contributed by atoms with Gasteiger partial charge < -0.3 is 19.3 Å². The van der Waals surface area contributed by atoms with E-state index < -0.39 is 0 Å².